The Kier molecular flexibility index (Phi) is 3.27. The van der Waals surface area contributed by atoms with Gasteiger partial charge in [-0.05, 0) is 20.3 Å². The first kappa shape index (κ1) is 14.1. The summed E-state index contributed by atoms with van der Waals surface area (Å²) in [5.41, 5.74) is 0.200. The topological polar surface area (TPSA) is 88.4 Å². The molecule has 1 aliphatic heterocycles. The zero-order valence-electron chi connectivity index (χ0n) is 12.1. The number of anilines is 2. The van der Waals surface area contributed by atoms with Crippen LogP contribution in [0.3, 0.4) is 0 Å². The van der Waals surface area contributed by atoms with Crippen molar-refractivity contribution < 1.29 is 8.42 Å². The van der Waals surface area contributed by atoms with Crippen molar-refractivity contribution in [2.75, 3.05) is 28.7 Å². The number of rotatable bonds is 4. The summed E-state index contributed by atoms with van der Waals surface area (Å²) in [6.45, 7) is 4.68. The van der Waals surface area contributed by atoms with Crippen molar-refractivity contribution in [3.05, 3.63) is 18.6 Å². The van der Waals surface area contributed by atoms with Crippen molar-refractivity contribution in [3.63, 3.8) is 0 Å². The van der Waals surface area contributed by atoms with E-state index < -0.39 is 15.4 Å². The minimum Gasteiger partial charge on any atom is -0.369 e. The van der Waals surface area contributed by atoms with Gasteiger partial charge in [-0.15, -0.1) is 0 Å². The van der Waals surface area contributed by atoms with Crippen LogP contribution < -0.4 is 10.6 Å². The molecule has 3 heterocycles. The fourth-order valence-electron chi connectivity index (χ4n) is 2.68. The molecule has 7 nitrogen and oxygen atoms in total. The lowest BCUT2D eigenvalue weighted by molar-refractivity contribution is 0.572. The first-order valence-electron chi connectivity index (χ1n) is 6.97. The van der Waals surface area contributed by atoms with E-state index in [1.165, 1.54) is 0 Å². The predicted molar refractivity (Wildman–Crippen MR) is 82.4 cm³/mol. The molecule has 2 N–H and O–H groups in total. The van der Waals surface area contributed by atoms with Crippen molar-refractivity contribution >= 4 is 27.1 Å². The molecular weight excluding hydrogens is 290 g/mol. The summed E-state index contributed by atoms with van der Waals surface area (Å²) < 4.78 is 25.3. The van der Waals surface area contributed by atoms with Gasteiger partial charge in [-0.3, -0.25) is 0 Å². The number of aromatic nitrogens is 3. The lowest BCUT2D eigenvalue weighted by atomic mass is 10.0. The summed E-state index contributed by atoms with van der Waals surface area (Å²) in [4.78, 5) is 8.81. The summed E-state index contributed by atoms with van der Waals surface area (Å²) in [6.07, 6.45) is 5.99. The van der Waals surface area contributed by atoms with Gasteiger partial charge < -0.3 is 15.0 Å². The molecule has 0 spiro atoms. The van der Waals surface area contributed by atoms with Crippen LogP contribution in [0.5, 0.6) is 0 Å². The number of hydrogen-bond acceptors (Lipinski definition) is 6. The first-order chi connectivity index (χ1) is 9.91. The van der Waals surface area contributed by atoms with Crippen molar-refractivity contribution in [2.45, 2.75) is 25.8 Å². The van der Waals surface area contributed by atoms with Crippen molar-refractivity contribution in [1.82, 2.24) is 14.4 Å². The number of fused-ring (bicyclic) bond motifs is 1. The van der Waals surface area contributed by atoms with E-state index in [0.717, 1.165) is 12.4 Å². The monoisotopic (exact) mass is 309 g/mol. The summed E-state index contributed by atoms with van der Waals surface area (Å²) in [7, 11) is -2.97. The minimum atomic E-state index is -2.97. The second kappa shape index (κ2) is 4.87. The highest BCUT2D eigenvalue weighted by atomic mass is 32.2. The average Bonchev–Trinajstić information content (AvgIpc) is 2.94. The van der Waals surface area contributed by atoms with E-state index >= 15 is 0 Å². The van der Waals surface area contributed by atoms with Crippen molar-refractivity contribution in [3.8, 4) is 0 Å². The summed E-state index contributed by atoms with van der Waals surface area (Å²) in [5.74, 6) is 1.68. The molecule has 1 unspecified atom stereocenters. The quantitative estimate of drug-likeness (QED) is 0.881. The molecule has 1 fully saturated rings. The lowest BCUT2D eigenvalue weighted by Crippen LogP contribution is -2.36. The van der Waals surface area contributed by atoms with Crippen LogP contribution in [0.4, 0.5) is 11.6 Å². The number of nitrogens with zero attached hydrogens (tertiary/aromatic N) is 3. The standard InChI is InChI=1S/C13H19N5O2S/c1-3-14-10-8-18-6-5-15-12(18)11(16-10)17-13(2)4-7-21(19,20)9-13/h5-6,8,14H,3-4,7,9H2,1-2H3,(H,16,17). The maximum absolute atomic E-state index is 11.7. The van der Waals surface area contributed by atoms with Gasteiger partial charge in [0.15, 0.2) is 21.3 Å². The van der Waals surface area contributed by atoms with Crippen molar-refractivity contribution in [2.24, 2.45) is 0 Å². The summed E-state index contributed by atoms with van der Waals surface area (Å²) >= 11 is 0. The van der Waals surface area contributed by atoms with Crippen LogP contribution in [0.2, 0.25) is 0 Å². The van der Waals surface area contributed by atoms with Crippen LogP contribution in [-0.4, -0.2) is 46.4 Å². The highest BCUT2D eigenvalue weighted by molar-refractivity contribution is 7.91. The molecule has 8 heteroatoms. The molecular formula is C13H19N5O2S. The molecule has 0 aliphatic carbocycles. The van der Waals surface area contributed by atoms with Gasteiger partial charge in [-0.25, -0.2) is 18.4 Å². The van der Waals surface area contributed by atoms with Gasteiger partial charge in [0.2, 0.25) is 0 Å². The van der Waals surface area contributed by atoms with E-state index in [1.54, 1.807) is 6.20 Å². The molecule has 0 bridgehead atoms. The van der Waals surface area contributed by atoms with Crippen LogP contribution in [0, 0.1) is 0 Å². The summed E-state index contributed by atoms with van der Waals surface area (Å²) in [5, 5.41) is 6.45. The van der Waals surface area contributed by atoms with Gasteiger partial charge in [-0.1, -0.05) is 0 Å². The number of nitrogens with one attached hydrogen (secondary N) is 2. The molecule has 1 atom stereocenters. The highest BCUT2D eigenvalue weighted by Crippen LogP contribution is 2.28. The van der Waals surface area contributed by atoms with Crippen LogP contribution in [-0.2, 0) is 9.84 Å². The molecule has 2 aromatic heterocycles. The number of hydrogen-bond donors (Lipinski definition) is 2. The van der Waals surface area contributed by atoms with Gasteiger partial charge in [0.25, 0.3) is 0 Å². The van der Waals surface area contributed by atoms with Gasteiger partial charge in [0, 0.05) is 18.9 Å². The molecule has 0 aromatic carbocycles. The fraction of sp³-hybridized carbons (Fsp3) is 0.538. The third-order valence-electron chi connectivity index (χ3n) is 3.66. The Balaban J connectivity index is 1.98. The van der Waals surface area contributed by atoms with Crippen LogP contribution in [0.15, 0.2) is 18.6 Å². The van der Waals surface area contributed by atoms with Gasteiger partial charge in [0.1, 0.15) is 5.82 Å². The fourth-order valence-corrected chi connectivity index (χ4v) is 4.77. The zero-order chi connectivity index (χ0) is 15.1. The molecule has 0 radical (unpaired) electrons. The zero-order valence-corrected chi connectivity index (χ0v) is 12.9. The summed E-state index contributed by atoms with van der Waals surface area (Å²) in [6, 6.07) is 0. The van der Waals surface area contributed by atoms with E-state index in [9.17, 15) is 8.42 Å². The van der Waals surface area contributed by atoms with Crippen LogP contribution in [0.1, 0.15) is 20.3 Å². The molecule has 0 saturated carbocycles. The minimum absolute atomic E-state index is 0.125. The highest BCUT2D eigenvalue weighted by Gasteiger charge is 2.39. The molecule has 21 heavy (non-hydrogen) atoms. The predicted octanol–water partition coefficient (Wildman–Crippen LogP) is 1.15. The van der Waals surface area contributed by atoms with Gasteiger partial charge in [-0.2, -0.15) is 0 Å². The Morgan fingerprint density at radius 1 is 1.48 bits per heavy atom. The Morgan fingerprint density at radius 2 is 2.29 bits per heavy atom. The Morgan fingerprint density at radius 3 is 2.95 bits per heavy atom. The van der Waals surface area contributed by atoms with Crippen LogP contribution in [0.25, 0.3) is 5.65 Å². The molecule has 1 saturated heterocycles. The van der Waals surface area contributed by atoms with E-state index in [-0.39, 0.29) is 11.5 Å². The molecule has 0 amide bonds. The maximum atomic E-state index is 11.7. The smallest absolute Gasteiger partial charge is 0.180 e. The molecule has 114 valence electrons. The lowest BCUT2D eigenvalue weighted by Gasteiger charge is -2.25. The SMILES string of the molecule is CCNc1cn2ccnc2c(NC2(C)CCS(=O)(=O)C2)n1. The molecule has 3 rings (SSSR count). The van der Waals surface area contributed by atoms with E-state index in [4.69, 9.17) is 0 Å². The Hall–Kier alpha value is -1.83. The molecule has 2 aromatic rings. The largest absolute Gasteiger partial charge is 0.369 e. The van der Waals surface area contributed by atoms with E-state index in [0.29, 0.717) is 17.9 Å². The van der Waals surface area contributed by atoms with Gasteiger partial charge in [0.05, 0.1) is 23.2 Å². The Bertz CT molecular complexity index is 770. The van der Waals surface area contributed by atoms with E-state index in [1.807, 2.05) is 30.6 Å². The second-order valence-corrected chi connectivity index (χ2v) is 7.87. The third-order valence-corrected chi connectivity index (χ3v) is 5.56. The average molecular weight is 309 g/mol. The maximum Gasteiger partial charge on any atom is 0.180 e. The number of sulfone groups is 1. The van der Waals surface area contributed by atoms with Crippen LogP contribution >= 0.6 is 0 Å². The van der Waals surface area contributed by atoms with Gasteiger partial charge >= 0.3 is 0 Å². The molecule has 1 aliphatic rings. The Labute approximate surface area is 123 Å². The van der Waals surface area contributed by atoms with Crippen molar-refractivity contribution in [1.29, 1.82) is 0 Å². The van der Waals surface area contributed by atoms with E-state index in [2.05, 4.69) is 20.6 Å². The normalized spacial score (nSPS) is 24.3. The second-order valence-electron chi connectivity index (χ2n) is 5.69. The number of imidazole rings is 1. The third kappa shape index (κ3) is 2.80. The first-order valence-corrected chi connectivity index (χ1v) is 8.79.